The molecule has 118 valence electrons. The van der Waals surface area contributed by atoms with E-state index in [1.807, 2.05) is 0 Å². The van der Waals surface area contributed by atoms with Crippen LogP contribution < -0.4 is 21.3 Å². The van der Waals surface area contributed by atoms with Crippen molar-refractivity contribution in [1.82, 2.24) is 21.3 Å². The molecular weight excluding hydrogens is 332 g/mol. The van der Waals surface area contributed by atoms with Crippen LogP contribution in [-0.2, 0) is 14.4 Å². The zero-order valence-electron chi connectivity index (χ0n) is 10.9. The van der Waals surface area contributed by atoms with Gasteiger partial charge in [0.25, 0.3) is 11.8 Å². The first-order valence-electron chi connectivity index (χ1n) is 5.73. The van der Waals surface area contributed by atoms with Crippen molar-refractivity contribution in [3.05, 3.63) is 23.8 Å². The lowest BCUT2D eigenvalue weighted by Crippen LogP contribution is -2.57. The Morgan fingerprint density at radius 3 is 2.14 bits per heavy atom. The molecule has 3 amide bonds. The number of allylic oxidation sites excluding steroid dienone is 2. The van der Waals surface area contributed by atoms with E-state index < -0.39 is 29.9 Å². The molecule has 0 aromatic rings. The summed E-state index contributed by atoms with van der Waals surface area (Å²) >= 11 is 9.37. The number of hydrogen-bond donors (Lipinski definition) is 5. The van der Waals surface area contributed by atoms with Crippen molar-refractivity contribution < 1.29 is 25.0 Å². The molecule has 0 bridgehead atoms. The molecular formula is C11H12N4O5S2. The molecule has 0 spiro atoms. The molecule has 0 aromatic heterocycles. The zero-order chi connectivity index (χ0) is 15.6. The topological polar surface area (TPSA) is 151 Å². The summed E-state index contributed by atoms with van der Waals surface area (Å²) in [6.07, 6.45) is 2.71. The van der Waals surface area contributed by atoms with Gasteiger partial charge < -0.3 is 21.2 Å². The predicted octanol–water partition coefficient (Wildman–Crippen LogP) is -2.89. The Morgan fingerprint density at radius 1 is 1.00 bits per heavy atom. The molecule has 7 N–H and O–H groups in total. The van der Waals surface area contributed by atoms with Gasteiger partial charge >= 0.3 is 0 Å². The van der Waals surface area contributed by atoms with Gasteiger partial charge in [0.15, 0.2) is 10.2 Å². The highest BCUT2D eigenvalue weighted by Gasteiger charge is 2.30. The Balaban J connectivity index is 0.00000242. The van der Waals surface area contributed by atoms with Crippen LogP contribution in [-0.4, -0.2) is 44.8 Å². The van der Waals surface area contributed by atoms with Gasteiger partial charge in [0.1, 0.15) is 17.7 Å². The molecule has 2 aliphatic rings. The second-order valence-corrected chi connectivity index (χ2v) is 4.95. The molecule has 0 radical (unpaired) electrons. The molecule has 2 unspecified atom stereocenters. The second kappa shape index (κ2) is 7.17. The Morgan fingerprint density at radius 2 is 1.59 bits per heavy atom. The van der Waals surface area contributed by atoms with E-state index in [4.69, 9.17) is 12.2 Å². The summed E-state index contributed by atoms with van der Waals surface area (Å²) in [5.74, 6) is -2.66. The van der Waals surface area contributed by atoms with Crippen LogP contribution in [0.1, 0.15) is 0 Å². The van der Waals surface area contributed by atoms with Crippen molar-refractivity contribution in [2.75, 3.05) is 0 Å². The van der Waals surface area contributed by atoms with E-state index >= 15 is 0 Å². The van der Waals surface area contributed by atoms with Crippen molar-refractivity contribution >= 4 is 52.4 Å². The number of carbonyl (C=O) groups is 3. The average molecular weight is 344 g/mol. The van der Waals surface area contributed by atoms with Gasteiger partial charge in [0.05, 0.1) is 0 Å². The summed E-state index contributed by atoms with van der Waals surface area (Å²) in [4.78, 5) is 34.7. The minimum Gasteiger partial charge on any atom is -0.412 e. The van der Waals surface area contributed by atoms with Crippen LogP contribution in [0.4, 0.5) is 0 Å². The van der Waals surface area contributed by atoms with Crippen LogP contribution in [0.5, 0.6) is 0 Å². The van der Waals surface area contributed by atoms with Crippen LogP contribution in [0.2, 0.25) is 0 Å². The smallest absolute Gasteiger partial charge is 0.263 e. The number of amides is 3. The fourth-order valence-electron chi connectivity index (χ4n) is 1.69. The Bertz CT molecular complexity index is 594. The maximum Gasteiger partial charge on any atom is 0.263 e. The minimum absolute atomic E-state index is 0. The summed E-state index contributed by atoms with van der Waals surface area (Å²) in [6, 6.07) is 0. The number of hydrogen-bond acceptors (Lipinski definition) is 6. The third-order valence-corrected chi connectivity index (χ3v) is 3.11. The highest BCUT2D eigenvalue weighted by molar-refractivity contribution is 7.80. The first kappa shape index (κ1) is 17.8. The SMILES string of the molecule is O.O=C1NC(=S)NC(=O)C1=C/C=C/C1C(=O)NC(=S)NC1O. The van der Waals surface area contributed by atoms with Gasteiger partial charge in [-0.05, 0) is 30.5 Å². The van der Waals surface area contributed by atoms with Gasteiger partial charge in [0, 0.05) is 0 Å². The van der Waals surface area contributed by atoms with E-state index in [0.717, 1.165) is 0 Å². The largest absolute Gasteiger partial charge is 0.412 e. The monoisotopic (exact) mass is 344 g/mol. The van der Waals surface area contributed by atoms with Crippen molar-refractivity contribution in [3.8, 4) is 0 Å². The van der Waals surface area contributed by atoms with E-state index in [2.05, 4.69) is 33.5 Å². The molecule has 11 heteroatoms. The van der Waals surface area contributed by atoms with Crippen molar-refractivity contribution in [1.29, 1.82) is 0 Å². The van der Waals surface area contributed by atoms with Crippen molar-refractivity contribution in [3.63, 3.8) is 0 Å². The van der Waals surface area contributed by atoms with Crippen LogP contribution >= 0.6 is 24.4 Å². The molecule has 2 rings (SSSR count). The maximum absolute atomic E-state index is 11.6. The Hall–Kier alpha value is -2.21. The fraction of sp³-hybridized carbons (Fsp3) is 0.182. The Labute approximate surface area is 135 Å². The van der Waals surface area contributed by atoms with Crippen LogP contribution in [0.15, 0.2) is 23.8 Å². The predicted molar refractivity (Wildman–Crippen MR) is 83.1 cm³/mol. The summed E-state index contributed by atoms with van der Waals surface area (Å²) in [6.45, 7) is 0. The fourth-order valence-corrected chi connectivity index (χ4v) is 2.10. The highest BCUT2D eigenvalue weighted by atomic mass is 32.1. The van der Waals surface area contributed by atoms with E-state index in [1.54, 1.807) is 0 Å². The summed E-state index contributed by atoms with van der Waals surface area (Å²) in [5.41, 5.74) is -0.158. The lowest BCUT2D eigenvalue weighted by atomic mass is 10.0. The normalized spacial score (nSPS) is 25.0. The van der Waals surface area contributed by atoms with Gasteiger partial charge in [-0.3, -0.25) is 25.0 Å². The number of nitrogens with one attached hydrogen (secondary N) is 4. The molecule has 2 atom stereocenters. The maximum atomic E-state index is 11.6. The molecule has 2 heterocycles. The number of rotatable bonds is 2. The van der Waals surface area contributed by atoms with Gasteiger partial charge in [-0.1, -0.05) is 12.2 Å². The first-order valence-corrected chi connectivity index (χ1v) is 6.54. The van der Waals surface area contributed by atoms with Crippen molar-refractivity contribution in [2.45, 2.75) is 6.23 Å². The zero-order valence-corrected chi connectivity index (χ0v) is 12.5. The van der Waals surface area contributed by atoms with Gasteiger partial charge in [-0.2, -0.15) is 0 Å². The molecule has 2 aliphatic heterocycles. The minimum atomic E-state index is -1.18. The molecule has 0 saturated carbocycles. The van der Waals surface area contributed by atoms with Gasteiger partial charge in [0.2, 0.25) is 5.91 Å². The molecule has 0 aliphatic carbocycles. The molecule has 2 fully saturated rings. The summed E-state index contributed by atoms with van der Waals surface area (Å²) in [7, 11) is 0. The number of aliphatic hydroxyl groups excluding tert-OH is 1. The number of aliphatic hydroxyl groups is 1. The summed E-state index contributed by atoms with van der Waals surface area (Å²) in [5, 5.41) is 19.0. The standard InChI is InChI=1S/C11H10N4O4S2.H2O/c16-6-4(7(17)13-10(20)12-6)2-1-3-5-8(18)14-11(21)15-9(5)19;/h1-4,6,16H,(H2,12,13,17,20)(H2,14,15,18,19,21);1H2/b2-1+;. The van der Waals surface area contributed by atoms with Crippen LogP contribution in [0.3, 0.4) is 0 Å². The van der Waals surface area contributed by atoms with Gasteiger partial charge in [-0.25, -0.2) is 0 Å². The number of carbonyl (C=O) groups excluding carboxylic acids is 3. The quantitative estimate of drug-likeness (QED) is 0.205. The average Bonchev–Trinajstić information content (AvgIpc) is 2.34. The lowest BCUT2D eigenvalue weighted by Gasteiger charge is -2.27. The van der Waals surface area contributed by atoms with E-state index in [-0.39, 0.29) is 21.3 Å². The van der Waals surface area contributed by atoms with Gasteiger partial charge in [-0.15, -0.1) is 0 Å². The summed E-state index contributed by atoms with van der Waals surface area (Å²) < 4.78 is 0. The third-order valence-electron chi connectivity index (χ3n) is 2.68. The van der Waals surface area contributed by atoms with Crippen LogP contribution in [0.25, 0.3) is 0 Å². The number of thiocarbonyl (C=S) groups is 2. The molecule has 22 heavy (non-hydrogen) atoms. The molecule has 9 nitrogen and oxygen atoms in total. The second-order valence-electron chi connectivity index (χ2n) is 4.14. The van der Waals surface area contributed by atoms with Crippen LogP contribution in [0, 0.1) is 5.92 Å². The van der Waals surface area contributed by atoms with E-state index in [9.17, 15) is 19.5 Å². The highest BCUT2D eigenvalue weighted by Crippen LogP contribution is 2.09. The third kappa shape index (κ3) is 3.92. The van der Waals surface area contributed by atoms with Crippen molar-refractivity contribution in [2.24, 2.45) is 5.92 Å². The molecule has 2 saturated heterocycles. The molecule has 0 aromatic carbocycles. The van der Waals surface area contributed by atoms with E-state index in [1.165, 1.54) is 18.2 Å². The first-order chi connectivity index (χ1) is 9.88. The Kier molecular flexibility index (Phi) is 5.82. The lowest BCUT2D eigenvalue weighted by molar-refractivity contribution is -0.127. The van der Waals surface area contributed by atoms with E-state index in [0.29, 0.717) is 0 Å².